The van der Waals surface area contributed by atoms with E-state index < -0.39 is 6.23 Å². The van der Waals surface area contributed by atoms with Crippen molar-refractivity contribution in [1.29, 1.82) is 0 Å². The highest BCUT2D eigenvalue weighted by molar-refractivity contribution is 6.42. The number of halogens is 2. The monoisotopic (exact) mass is 334 g/mol. The molecule has 1 aliphatic rings. The summed E-state index contributed by atoms with van der Waals surface area (Å²) in [6.07, 6.45) is -0.650. The number of carbonyl (C=O) groups is 1. The highest BCUT2D eigenvalue weighted by Gasteiger charge is 2.33. The maximum atomic E-state index is 11.8. The van der Waals surface area contributed by atoms with Crippen LogP contribution in [0.4, 0.5) is 0 Å². The summed E-state index contributed by atoms with van der Waals surface area (Å²) in [4.78, 5) is 11.8. The van der Waals surface area contributed by atoms with E-state index in [1.807, 2.05) is 30.3 Å². The fourth-order valence-corrected chi connectivity index (χ4v) is 2.45. The molecule has 1 heterocycles. The van der Waals surface area contributed by atoms with Crippen molar-refractivity contribution in [2.24, 2.45) is 5.10 Å². The number of hydrazone groups is 1. The van der Waals surface area contributed by atoms with Crippen molar-refractivity contribution >= 4 is 35.0 Å². The summed E-state index contributed by atoms with van der Waals surface area (Å²) in [6.45, 7) is 1.44. The van der Waals surface area contributed by atoms with Crippen molar-refractivity contribution in [3.63, 3.8) is 0 Å². The minimum atomic E-state index is -0.650. The lowest BCUT2D eigenvalue weighted by atomic mass is 10.2. The first kappa shape index (κ1) is 14.9. The minimum Gasteiger partial charge on any atom is -0.446 e. The molecule has 1 amide bonds. The Kier molecular flexibility index (Phi) is 4.05. The predicted molar refractivity (Wildman–Crippen MR) is 85.8 cm³/mol. The molecule has 1 atom stereocenters. The number of amides is 1. The summed E-state index contributed by atoms with van der Waals surface area (Å²) in [5.41, 5.74) is 1.51. The SMILES string of the molecule is CC(=O)N1N=C(c2ccccc2)OC1c1ccc(Cl)c(Cl)c1. The Morgan fingerprint density at radius 3 is 2.50 bits per heavy atom. The lowest BCUT2D eigenvalue weighted by molar-refractivity contribution is -0.135. The molecule has 2 aromatic carbocycles. The topological polar surface area (TPSA) is 41.9 Å². The van der Waals surface area contributed by atoms with Crippen LogP contribution in [0.1, 0.15) is 24.3 Å². The van der Waals surface area contributed by atoms with Crippen LogP contribution in [0.2, 0.25) is 10.0 Å². The van der Waals surface area contributed by atoms with Gasteiger partial charge in [0.2, 0.25) is 18.0 Å². The lowest BCUT2D eigenvalue weighted by Crippen LogP contribution is -2.25. The van der Waals surface area contributed by atoms with Crippen LogP contribution in [0.25, 0.3) is 0 Å². The van der Waals surface area contributed by atoms with E-state index in [0.29, 0.717) is 21.5 Å². The largest absolute Gasteiger partial charge is 0.446 e. The standard InChI is InChI=1S/C16H12Cl2N2O2/c1-10(21)20-16(12-7-8-13(17)14(18)9-12)22-15(19-20)11-5-3-2-4-6-11/h2-9,16H,1H3. The van der Waals surface area contributed by atoms with Crippen LogP contribution in [0, 0.1) is 0 Å². The summed E-state index contributed by atoms with van der Waals surface area (Å²) in [6, 6.07) is 14.5. The zero-order valence-corrected chi connectivity index (χ0v) is 13.2. The molecule has 0 N–H and O–H groups in total. The highest BCUT2D eigenvalue weighted by Crippen LogP contribution is 2.33. The van der Waals surface area contributed by atoms with E-state index >= 15 is 0 Å². The average molecular weight is 335 g/mol. The van der Waals surface area contributed by atoms with Crippen molar-refractivity contribution in [3.05, 3.63) is 69.7 Å². The molecule has 6 heteroatoms. The van der Waals surface area contributed by atoms with Gasteiger partial charge >= 0.3 is 0 Å². The molecule has 0 saturated heterocycles. The van der Waals surface area contributed by atoms with E-state index in [4.69, 9.17) is 27.9 Å². The Labute approximate surface area is 137 Å². The number of rotatable bonds is 2. The van der Waals surface area contributed by atoms with Gasteiger partial charge in [-0.05, 0) is 24.3 Å². The second kappa shape index (κ2) is 5.99. The first-order valence-electron chi connectivity index (χ1n) is 6.61. The van der Waals surface area contributed by atoms with Crippen LogP contribution in [0.5, 0.6) is 0 Å². The molecule has 0 radical (unpaired) electrons. The molecule has 0 spiro atoms. The molecule has 0 saturated carbocycles. The van der Waals surface area contributed by atoms with Crippen LogP contribution in [0.15, 0.2) is 53.6 Å². The van der Waals surface area contributed by atoms with Gasteiger partial charge in [0.05, 0.1) is 10.0 Å². The molecule has 0 fully saturated rings. The van der Waals surface area contributed by atoms with Crippen molar-refractivity contribution in [3.8, 4) is 0 Å². The van der Waals surface area contributed by atoms with Crippen LogP contribution in [0.3, 0.4) is 0 Å². The van der Waals surface area contributed by atoms with Gasteiger partial charge in [-0.2, -0.15) is 5.01 Å². The van der Waals surface area contributed by atoms with Gasteiger partial charge in [0.1, 0.15) is 0 Å². The van der Waals surface area contributed by atoms with Gasteiger partial charge in [-0.25, -0.2) is 0 Å². The third-order valence-electron chi connectivity index (χ3n) is 3.22. The zero-order valence-electron chi connectivity index (χ0n) is 11.7. The maximum absolute atomic E-state index is 11.8. The predicted octanol–water partition coefficient (Wildman–Crippen LogP) is 4.23. The number of carbonyl (C=O) groups excluding carboxylic acids is 1. The Balaban J connectivity index is 1.96. The number of hydrogen-bond donors (Lipinski definition) is 0. The third-order valence-corrected chi connectivity index (χ3v) is 3.96. The van der Waals surface area contributed by atoms with E-state index in [2.05, 4.69) is 5.10 Å². The molecular formula is C16H12Cl2N2O2. The Morgan fingerprint density at radius 1 is 1.14 bits per heavy atom. The van der Waals surface area contributed by atoms with E-state index in [0.717, 1.165) is 5.56 Å². The van der Waals surface area contributed by atoms with Crippen molar-refractivity contribution in [2.75, 3.05) is 0 Å². The lowest BCUT2D eigenvalue weighted by Gasteiger charge is -2.19. The summed E-state index contributed by atoms with van der Waals surface area (Å²) < 4.78 is 5.86. The van der Waals surface area contributed by atoms with E-state index in [1.165, 1.54) is 11.9 Å². The summed E-state index contributed by atoms with van der Waals surface area (Å²) >= 11 is 12.0. The normalized spacial score (nSPS) is 17.1. The second-order valence-corrected chi connectivity index (χ2v) is 5.59. The fraction of sp³-hybridized carbons (Fsp3) is 0.125. The quantitative estimate of drug-likeness (QED) is 0.824. The van der Waals surface area contributed by atoms with Gasteiger partial charge in [-0.1, -0.05) is 47.5 Å². The summed E-state index contributed by atoms with van der Waals surface area (Å²) in [5, 5.41) is 6.41. The summed E-state index contributed by atoms with van der Waals surface area (Å²) in [7, 11) is 0. The smallest absolute Gasteiger partial charge is 0.243 e. The highest BCUT2D eigenvalue weighted by atomic mass is 35.5. The minimum absolute atomic E-state index is 0.220. The van der Waals surface area contributed by atoms with Crippen LogP contribution < -0.4 is 0 Å². The molecule has 3 rings (SSSR count). The van der Waals surface area contributed by atoms with Gasteiger partial charge in [0.25, 0.3) is 0 Å². The number of ether oxygens (including phenoxy) is 1. The number of hydrogen-bond acceptors (Lipinski definition) is 3. The van der Waals surface area contributed by atoms with Crippen LogP contribution in [-0.4, -0.2) is 16.8 Å². The molecular weight excluding hydrogens is 323 g/mol. The zero-order chi connectivity index (χ0) is 15.7. The first-order valence-corrected chi connectivity index (χ1v) is 7.37. The van der Waals surface area contributed by atoms with Gasteiger partial charge in [0.15, 0.2) is 0 Å². The van der Waals surface area contributed by atoms with Gasteiger partial charge in [-0.3, -0.25) is 4.79 Å². The number of nitrogens with zero attached hydrogens (tertiary/aromatic N) is 2. The molecule has 1 aliphatic heterocycles. The maximum Gasteiger partial charge on any atom is 0.243 e. The molecule has 22 heavy (non-hydrogen) atoms. The van der Waals surface area contributed by atoms with Crippen molar-refractivity contribution in [2.45, 2.75) is 13.2 Å². The molecule has 0 aliphatic carbocycles. The molecule has 2 aromatic rings. The molecule has 0 bridgehead atoms. The summed E-state index contributed by atoms with van der Waals surface area (Å²) in [5.74, 6) is 0.175. The molecule has 1 unspecified atom stereocenters. The second-order valence-electron chi connectivity index (χ2n) is 4.78. The van der Waals surface area contributed by atoms with Gasteiger partial charge in [0, 0.05) is 18.1 Å². The van der Waals surface area contributed by atoms with Crippen molar-refractivity contribution in [1.82, 2.24) is 5.01 Å². The van der Waals surface area contributed by atoms with Crippen LogP contribution >= 0.6 is 23.2 Å². The first-order chi connectivity index (χ1) is 10.6. The Bertz CT molecular complexity index is 747. The van der Waals surface area contributed by atoms with E-state index in [1.54, 1.807) is 18.2 Å². The molecule has 112 valence electrons. The van der Waals surface area contributed by atoms with Gasteiger partial charge in [-0.15, -0.1) is 5.10 Å². The molecule has 4 nitrogen and oxygen atoms in total. The Hall–Kier alpha value is -2.04. The number of benzene rings is 2. The van der Waals surface area contributed by atoms with Gasteiger partial charge < -0.3 is 4.74 Å². The van der Waals surface area contributed by atoms with Crippen molar-refractivity contribution < 1.29 is 9.53 Å². The fourth-order valence-electron chi connectivity index (χ4n) is 2.15. The molecule has 0 aromatic heterocycles. The van der Waals surface area contributed by atoms with E-state index in [9.17, 15) is 4.79 Å². The third kappa shape index (κ3) is 2.80. The van der Waals surface area contributed by atoms with Crippen LogP contribution in [-0.2, 0) is 9.53 Å². The Morgan fingerprint density at radius 2 is 1.86 bits per heavy atom. The average Bonchev–Trinajstić information content (AvgIpc) is 2.96. The van der Waals surface area contributed by atoms with E-state index in [-0.39, 0.29) is 5.91 Å².